The van der Waals surface area contributed by atoms with Gasteiger partial charge in [-0.25, -0.2) is 9.67 Å². The van der Waals surface area contributed by atoms with Crippen LogP contribution in [0.15, 0.2) is 36.7 Å². The van der Waals surface area contributed by atoms with Crippen molar-refractivity contribution in [2.45, 2.75) is 32.1 Å². The van der Waals surface area contributed by atoms with E-state index in [1.807, 2.05) is 30.7 Å². The number of aromatic nitrogens is 4. The Kier molecular flexibility index (Phi) is 4.78. The van der Waals surface area contributed by atoms with E-state index in [1.165, 1.54) is 5.56 Å². The van der Waals surface area contributed by atoms with E-state index in [0.29, 0.717) is 5.82 Å². The zero-order valence-electron chi connectivity index (χ0n) is 17.2. The first-order chi connectivity index (χ1) is 14.6. The van der Waals surface area contributed by atoms with Gasteiger partial charge in [-0.1, -0.05) is 6.07 Å². The number of nitrogens with one attached hydrogen (secondary N) is 1. The highest BCUT2D eigenvalue weighted by atomic mass is 16.7. The van der Waals surface area contributed by atoms with Crippen LogP contribution in [0.2, 0.25) is 0 Å². The zero-order valence-corrected chi connectivity index (χ0v) is 17.2. The van der Waals surface area contributed by atoms with Crippen molar-refractivity contribution in [3.05, 3.63) is 53.6 Å². The number of benzene rings is 1. The molecule has 0 unspecified atom stereocenters. The molecule has 5 rings (SSSR count). The predicted molar refractivity (Wildman–Crippen MR) is 111 cm³/mol. The smallest absolute Gasteiger partial charge is 0.231 e. The molecule has 0 saturated carbocycles. The number of fused-ring (bicyclic) bond motifs is 1. The predicted octanol–water partition coefficient (Wildman–Crippen LogP) is 3.17. The van der Waals surface area contributed by atoms with Crippen molar-refractivity contribution in [3.63, 3.8) is 0 Å². The lowest BCUT2D eigenvalue weighted by Gasteiger charge is -2.38. The second-order valence-corrected chi connectivity index (χ2v) is 7.92. The van der Waals surface area contributed by atoms with Gasteiger partial charge in [0.1, 0.15) is 5.82 Å². The Bertz CT molecular complexity index is 1060. The molecule has 30 heavy (non-hydrogen) atoms. The summed E-state index contributed by atoms with van der Waals surface area (Å²) < 4.78 is 18.6. The minimum Gasteiger partial charge on any atom is -0.454 e. The molecule has 1 aromatic carbocycles. The number of nitrogens with zero attached hydrogens (tertiary/aromatic N) is 4. The van der Waals surface area contributed by atoms with Gasteiger partial charge in [0, 0.05) is 30.9 Å². The van der Waals surface area contributed by atoms with Gasteiger partial charge in [0.05, 0.1) is 18.1 Å². The number of hydrogen-bond donors (Lipinski definition) is 1. The van der Waals surface area contributed by atoms with Crippen molar-refractivity contribution in [2.75, 3.05) is 31.9 Å². The maximum absolute atomic E-state index is 5.66. The van der Waals surface area contributed by atoms with Crippen LogP contribution in [0.3, 0.4) is 0 Å². The Morgan fingerprint density at radius 2 is 1.90 bits per heavy atom. The van der Waals surface area contributed by atoms with Crippen LogP contribution in [-0.2, 0) is 10.2 Å². The first-order valence-corrected chi connectivity index (χ1v) is 10.2. The van der Waals surface area contributed by atoms with E-state index in [2.05, 4.69) is 27.5 Å². The standard InChI is InChI=1S/C22H25N5O3/c1-15-9-16(2)27(26-15)21-12-23-11-20(25-21)24-13-22(5-7-28-8-6-22)17-3-4-18-19(10-17)30-14-29-18/h3-4,9-12H,5-8,13-14H2,1-2H3,(H,24,25). The van der Waals surface area contributed by atoms with Gasteiger partial charge in [0.2, 0.25) is 6.79 Å². The third kappa shape index (κ3) is 3.47. The first-order valence-electron chi connectivity index (χ1n) is 10.2. The minimum absolute atomic E-state index is 0.0743. The second kappa shape index (κ2) is 7.60. The molecule has 2 aliphatic heterocycles. The van der Waals surface area contributed by atoms with Crippen LogP contribution in [0.25, 0.3) is 5.82 Å². The van der Waals surface area contributed by atoms with Crippen LogP contribution < -0.4 is 14.8 Å². The molecule has 0 spiro atoms. The van der Waals surface area contributed by atoms with Crippen molar-refractivity contribution < 1.29 is 14.2 Å². The summed E-state index contributed by atoms with van der Waals surface area (Å²) in [6.07, 6.45) is 5.32. The topological polar surface area (TPSA) is 83.3 Å². The number of ether oxygens (including phenoxy) is 3. The lowest BCUT2D eigenvalue weighted by molar-refractivity contribution is 0.0543. The lowest BCUT2D eigenvalue weighted by atomic mass is 9.74. The van der Waals surface area contributed by atoms with Gasteiger partial charge in [-0.3, -0.25) is 4.98 Å². The van der Waals surface area contributed by atoms with E-state index >= 15 is 0 Å². The molecule has 2 aromatic heterocycles. The summed E-state index contributed by atoms with van der Waals surface area (Å²) in [6.45, 7) is 6.45. The van der Waals surface area contributed by atoms with Gasteiger partial charge in [0.25, 0.3) is 0 Å². The Hall–Kier alpha value is -3.13. The van der Waals surface area contributed by atoms with E-state index in [0.717, 1.165) is 61.3 Å². The van der Waals surface area contributed by atoms with Gasteiger partial charge in [-0.05, 0) is 50.5 Å². The van der Waals surface area contributed by atoms with Crippen LogP contribution in [0.1, 0.15) is 29.8 Å². The number of aryl methyl sites for hydroxylation is 2. The van der Waals surface area contributed by atoms with E-state index in [-0.39, 0.29) is 12.2 Å². The van der Waals surface area contributed by atoms with E-state index in [9.17, 15) is 0 Å². The molecule has 1 fully saturated rings. The van der Waals surface area contributed by atoms with Gasteiger partial charge < -0.3 is 19.5 Å². The molecule has 1 saturated heterocycles. The van der Waals surface area contributed by atoms with Crippen LogP contribution >= 0.6 is 0 Å². The molecule has 0 atom stereocenters. The lowest BCUT2D eigenvalue weighted by Crippen LogP contribution is -2.40. The van der Waals surface area contributed by atoms with Crippen molar-refractivity contribution >= 4 is 5.82 Å². The quantitative estimate of drug-likeness (QED) is 0.695. The fraction of sp³-hybridized carbons (Fsp3) is 0.409. The molecule has 0 aliphatic carbocycles. The Balaban J connectivity index is 1.40. The summed E-state index contributed by atoms with van der Waals surface area (Å²) in [6, 6.07) is 8.27. The fourth-order valence-electron chi connectivity index (χ4n) is 4.22. The molecule has 3 aromatic rings. The summed E-state index contributed by atoms with van der Waals surface area (Å²) in [7, 11) is 0. The highest BCUT2D eigenvalue weighted by molar-refractivity contribution is 5.48. The molecule has 0 bridgehead atoms. The van der Waals surface area contributed by atoms with Gasteiger partial charge >= 0.3 is 0 Å². The summed E-state index contributed by atoms with van der Waals surface area (Å²) >= 11 is 0. The van der Waals surface area contributed by atoms with Crippen molar-refractivity contribution in [2.24, 2.45) is 0 Å². The van der Waals surface area contributed by atoms with Crippen LogP contribution in [0.4, 0.5) is 5.82 Å². The second-order valence-electron chi connectivity index (χ2n) is 7.92. The maximum atomic E-state index is 5.66. The summed E-state index contributed by atoms with van der Waals surface area (Å²) in [5.74, 6) is 3.04. The van der Waals surface area contributed by atoms with Crippen molar-refractivity contribution in [3.8, 4) is 17.3 Å². The molecular formula is C22H25N5O3. The molecular weight excluding hydrogens is 382 g/mol. The number of rotatable bonds is 5. The fourth-order valence-corrected chi connectivity index (χ4v) is 4.22. The highest BCUT2D eigenvalue weighted by Crippen LogP contribution is 2.41. The molecule has 2 aliphatic rings. The molecule has 1 N–H and O–H groups in total. The minimum atomic E-state index is -0.0743. The van der Waals surface area contributed by atoms with Crippen LogP contribution in [0.5, 0.6) is 11.5 Å². The van der Waals surface area contributed by atoms with Gasteiger partial charge in [-0.2, -0.15) is 5.10 Å². The number of anilines is 1. The Morgan fingerprint density at radius 3 is 2.70 bits per heavy atom. The van der Waals surface area contributed by atoms with Crippen LogP contribution in [-0.4, -0.2) is 46.3 Å². The Labute approximate surface area is 175 Å². The molecule has 4 heterocycles. The largest absolute Gasteiger partial charge is 0.454 e. The van der Waals surface area contributed by atoms with Gasteiger partial charge in [-0.15, -0.1) is 0 Å². The van der Waals surface area contributed by atoms with Crippen LogP contribution in [0, 0.1) is 13.8 Å². The zero-order chi connectivity index (χ0) is 20.6. The Morgan fingerprint density at radius 1 is 1.07 bits per heavy atom. The maximum Gasteiger partial charge on any atom is 0.231 e. The summed E-state index contributed by atoms with van der Waals surface area (Å²) in [5.41, 5.74) is 3.14. The van der Waals surface area contributed by atoms with E-state index < -0.39 is 0 Å². The average molecular weight is 407 g/mol. The summed E-state index contributed by atoms with van der Waals surface area (Å²) in [4.78, 5) is 9.11. The van der Waals surface area contributed by atoms with E-state index in [1.54, 1.807) is 12.4 Å². The SMILES string of the molecule is Cc1cc(C)n(-c2cncc(NCC3(c4ccc5c(c4)OCO5)CCOCC3)n2)n1. The molecule has 156 valence electrons. The average Bonchev–Trinajstić information content (AvgIpc) is 3.38. The monoisotopic (exact) mass is 407 g/mol. The molecule has 0 amide bonds. The molecule has 8 heteroatoms. The van der Waals surface area contributed by atoms with Gasteiger partial charge in [0.15, 0.2) is 17.3 Å². The third-order valence-electron chi connectivity index (χ3n) is 5.89. The van der Waals surface area contributed by atoms with Crippen molar-refractivity contribution in [1.29, 1.82) is 0 Å². The molecule has 8 nitrogen and oxygen atoms in total. The third-order valence-corrected chi connectivity index (χ3v) is 5.89. The number of hydrogen-bond acceptors (Lipinski definition) is 7. The highest BCUT2D eigenvalue weighted by Gasteiger charge is 2.35. The first kappa shape index (κ1) is 18.9. The molecule has 0 radical (unpaired) electrons. The van der Waals surface area contributed by atoms with Crippen molar-refractivity contribution in [1.82, 2.24) is 19.7 Å². The summed E-state index contributed by atoms with van der Waals surface area (Å²) in [5, 5.41) is 8.03. The normalized spacial score (nSPS) is 17.1. The van der Waals surface area contributed by atoms with E-state index in [4.69, 9.17) is 19.2 Å².